The summed E-state index contributed by atoms with van der Waals surface area (Å²) >= 11 is 11.7. The topological polar surface area (TPSA) is 113 Å². The van der Waals surface area contributed by atoms with E-state index in [4.69, 9.17) is 23.2 Å². The van der Waals surface area contributed by atoms with E-state index in [1.165, 1.54) is 30.3 Å². The van der Waals surface area contributed by atoms with Crippen molar-refractivity contribution in [2.45, 2.75) is 11.7 Å². The van der Waals surface area contributed by atoms with Crippen LogP contribution in [0, 0.1) is 0 Å². The maximum absolute atomic E-state index is 14.4. The van der Waals surface area contributed by atoms with Crippen LogP contribution in [0.3, 0.4) is 0 Å². The number of para-hydroxylation sites is 1. The SMILES string of the molecule is O=C(N[C@@]1(C(F)(F)F)C(=O)Nc2c1c(=O)[nH]c(=O)n2-c1ccccc1)c1ccc(Cl)cc1Cl. The number of amides is 2. The summed E-state index contributed by atoms with van der Waals surface area (Å²) in [5.41, 5.74) is -7.93. The van der Waals surface area contributed by atoms with Crippen LogP contribution in [0.2, 0.25) is 10.0 Å². The molecule has 0 radical (unpaired) electrons. The van der Waals surface area contributed by atoms with Gasteiger partial charge in [-0.2, -0.15) is 13.2 Å². The van der Waals surface area contributed by atoms with Crippen molar-refractivity contribution < 1.29 is 22.8 Å². The highest BCUT2D eigenvalue weighted by Gasteiger charge is 2.68. The number of aromatic nitrogens is 2. The van der Waals surface area contributed by atoms with Gasteiger partial charge in [0, 0.05) is 5.02 Å². The van der Waals surface area contributed by atoms with E-state index in [0.717, 1.165) is 12.1 Å². The number of H-pyrrole nitrogens is 1. The van der Waals surface area contributed by atoms with Gasteiger partial charge in [0.1, 0.15) is 11.4 Å². The highest BCUT2D eigenvalue weighted by atomic mass is 35.5. The molecule has 0 saturated carbocycles. The first-order chi connectivity index (χ1) is 15.5. The lowest BCUT2D eigenvalue weighted by Gasteiger charge is -2.30. The van der Waals surface area contributed by atoms with E-state index in [1.54, 1.807) is 16.4 Å². The van der Waals surface area contributed by atoms with Gasteiger partial charge in [0.25, 0.3) is 22.9 Å². The number of anilines is 1. The van der Waals surface area contributed by atoms with Crippen LogP contribution in [-0.2, 0) is 10.3 Å². The molecule has 1 aromatic heterocycles. The summed E-state index contributed by atoms with van der Waals surface area (Å²) in [7, 11) is 0. The number of rotatable bonds is 3. The molecule has 2 amide bonds. The first-order valence-corrected chi connectivity index (χ1v) is 9.84. The Hall–Kier alpha value is -3.57. The van der Waals surface area contributed by atoms with Gasteiger partial charge < -0.3 is 10.6 Å². The third-order valence-corrected chi connectivity index (χ3v) is 5.52. The number of benzene rings is 2. The number of carbonyl (C=O) groups excluding carboxylic acids is 2. The quantitative estimate of drug-likeness (QED) is 0.515. The number of carbonyl (C=O) groups is 2. The third-order valence-electron chi connectivity index (χ3n) is 4.97. The zero-order valence-corrected chi connectivity index (χ0v) is 17.6. The predicted molar refractivity (Wildman–Crippen MR) is 113 cm³/mol. The predicted octanol–water partition coefficient (Wildman–Crippen LogP) is 2.97. The number of hydrogen-bond donors (Lipinski definition) is 3. The van der Waals surface area contributed by atoms with Crippen molar-refractivity contribution in [2.75, 3.05) is 5.32 Å². The van der Waals surface area contributed by atoms with Crippen molar-refractivity contribution in [3.8, 4) is 5.69 Å². The minimum Gasteiger partial charge on any atom is -0.326 e. The molecule has 2 heterocycles. The fourth-order valence-electron chi connectivity index (χ4n) is 3.51. The molecule has 4 rings (SSSR count). The van der Waals surface area contributed by atoms with E-state index >= 15 is 0 Å². The molecule has 170 valence electrons. The first kappa shape index (κ1) is 22.6. The van der Waals surface area contributed by atoms with E-state index in [-0.39, 0.29) is 15.7 Å². The Bertz CT molecular complexity index is 1420. The number of aromatic amines is 1. The summed E-state index contributed by atoms with van der Waals surface area (Å²) in [6.45, 7) is 0. The number of alkyl halides is 3. The maximum atomic E-state index is 14.4. The van der Waals surface area contributed by atoms with Gasteiger partial charge >= 0.3 is 11.9 Å². The van der Waals surface area contributed by atoms with Crippen molar-refractivity contribution >= 4 is 40.8 Å². The van der Waals surface area contributed by atoms with Crippen molar-refractivity contribution in [1.29, 1.82) is 0 Å². The molecule has 0 aliphatic carbocycles. The van der Waals surface area contributed by atoms with E-state index < -0.39 is 51.7 Å². The smallest absolute Gasteiger partial charge is 0.326 e. The molecule has 3 N–H and O–H groups in total. The summed E-state index contributed by atoms with van der Waals surface area (Å²) in [5.74, 6) is -3.89. The Morgan fingerprint density at radius 2 is 1.70 bits per heavy atom. The molecule has 1 aliphatic heterocycles. The average Bonchev–Trinajstić information content (AvgIpc) is 3.01. The van der Waals surface area contributed by atoms with Gasteiger partial charge in [0.05, 0.1) is 16.3 Å². The monoisotopic (exact) mass is 498 g/mol. The van der Waals surface area contributed by atoms with Crippen molar-refractivity contribution in [3.63, 3.8) is 0 Å². The number of hydrogen-bond acceptors (Lipinski definition) is 4. The van der Waals surface area contributed by atoms with Crippen LogP contribution in [0.4, 0.5) is 19.0 Å². The summed E-state index contributed by atoms with van der Waals surface area (Å²) in [4.78, 5) is 52.4. The van der Waals surface area contributed by atoms with Crippen LogP contribution >= 0.6 is 23.2 Å². The highest BCUT2D eigenvalue weighted by Crippen LogP contribution is 2.45. The Kier molecular flexibility index (Phi) is 5.33. The standard InChI is InChI=1S/C20H11Cl2F3N4O4/c21-9-6-7-11(12(22)8-9)15(30)28-19(20(23,24)25)13-14(26-17(19)32)29(18(33)27-16(13)31)10-4-2-1-3-5-10/h1-8H,(H,26,32)(H,28,30)(H,27,31,33)/t19-/m1/s1. The second kappa shape index (κ2) is 7.78. The number of nitrogens with one attached hydrogen (secondary N) is 3. The lowest BCUT2D eigenvalue weighted by molar-refractivity contribution is -0.196. The second-order valence-electron chi connectivity index (χ2n) is 6.93. The molecule has 0 saturated heterocycles. The van der Waals surface area contributed by atoms with Crippen molar-refractivity contribution in [2.24, 2.45) is 0 Å². The minimum atomic E-state index is -5.48. The molecule has 2 aromatic carbocycles. The summed E-state index contributed by atoms with van der Waals surface area (Å²) in [6, 6.07) is 10.8. The van der Waals surface area contributed by atoms with Crippen molar-refractivity contribution in [1.82, 2.24) is 14.9 Å². The fourth-order valence-corrected chi connectivity index (χ4v) is 4.01. The van der Waals surface area contributed by atoms with Crippen LogP contribution in [0.25, 0.3) is 5.69 Å². The average molecular weight is 499 g/mol. The van der Waals surface area contributed by atoms with Gasteiger partial charge in [-0.3, -0.25) is 19.4 Å². The van der Waals surface area contributed by atoms with Gasteiger partial charge in [0.2, 0.25) is 0 Å². The van der Waals surface area contributed by atoms with Gasteiger partial charge in [-0.05, 0) is 30.3 Å². The number of fused-ring (bicyclic) bond motifs is 1. The summed E-state index contributed by atoms with van der Waals surface area (Å²) < 4.78 is 44.0. The molecule has 33 heavy (non-hydrogen) atoms. The van der Waals surface area contributed by atoms with Gasteiger partial charge in [-0.15, -0.1) is 0 Å². The molecular weight excluding hydrogens is 488 g/mol. The Balaban J connectivity index is 1.97. The van der Waals surface area contributed by atoms with E-state index in [0.29, 0.717) is 4.57 Å². The number of nitrogens with zero attached hydrogens (tertiary/aromatic N) is 1. The Labute approximate surface area is 191 Å². The van der Waals surface area contributed by atoms with Crippen LogP contribution < -0.4 is 21.9 Å². The lowest BCUT2D eigenvalue weighted by atomic mass is 9.91. The van der Waals surface area contributed by atoms with Gasteiger partial charge in [0.15, 0.2) is 0 Å². The van der Waals surface area contributed by atoms with Crippen LogP contribution in [0.1, 0.15) is 15.9 Å². The lowest BCUT2D eigenvalue weighted by Crippen LogP contribution is -2.62. The third kappa shape index (κ3) is 3.49. The molecule has 0 bridgehead atoms. The minimum absolute atomic E-state index is 0.0698. The molecule has 0 unspecified atom stereocenters. The van der Waals surface area contributed by atoms with Gasteiger partial charge in [-0.25, -0.2) is 9.36 Å². The maximum Gasteiger partial charge on any atom is 0.425 e. The second-order valence-corrected chi connectivity index (χ2v) is 7.78. The van der Waals surface area contributed by atoms with Gasteiger partial charge in [-0.1, -0.05) is 41.4 Å². The Morgan fingerprint density at radius 1 is 1.03 bits per heavy atom. The molecule has 1 aliphatic rings. The largest absolute Gasteiger partial charge is 0.425 e. The zero-order valence-electron chi connectivity index (χ0n) is 16.1. The van der Waals surface area contributed by atoms with E-state index in [9.17, 15) is 32.3 Å². The molecule has 13 heteroatoms. The van der Waals surface area contributed by atoms with E-state index in [1.807, 2.05) is 5.32 Å². The first-order valence-electron chi connectivity index (χ1n) is 9.08. The van der Waals surface area contributed by atoms with Crippen molar-refractivity contribution in [3.05, 3.63) is 90.5 Å². The van der Waals surface area contributed by atoms with E-state index in [2.05, 4.69) is 0 Å². The van der Waals surface area contributed by atoms with Crippen LogP contribution in [0.5, 0.6) is 0 Å². The number of halogens is 5. The molecular formula is C20H11Cl2F3N4O4. The normalized spacial score (nSPS) is 17.4. The molecule has 8 nitrogen and oxygen atoms in total. The molecule has 0 fully saturated rings. The van der Waals surface area contributed by atoms with Crippen LogP contribution in [-0.4, -0.2) is 27.5 Å². The molecule has 3 aromatic rings. The fraction of sp³-hybridized carbons (Fsp3) is 0.100. The van der Waals surface area contributed by atoms with Crippen LogP contribution in [0.15, 0.2) is 58.1 Å². The Morgan fingerprint density at radius 3 is 2.30 bits per heavy atom. The molecule has 0 spiro atoms. The highest BCUT2D eigenvalue weighted by molar-refractivity contribution is 6.36. The summed E-state index contributed by atoms with van der Waals surface area (Å²) in [6.07, 6.45) is -5.48. The summed E-state index contributed by atoms with van der Waals surface area (Å²) in [5, 5.41) is 3.40. The molecule has 1 atom stereocenters. The zero-order chi connectivity index (χ0) is 24.1.